The van der Waals surface area contributed by atoms with Crippen LogP contribution in [0.1, 0.15) is 17.5 Å². The molecule has 1 aliphatic rings. The van der Waals surface area contributed by atoms with Crippen LogP contribution >= 0.6 is 0 Å². The highest BCUT2D eigenvalue weighted by Gasteiger charge is 2.34. The molecule has 0 spiro atoms. The number of anilines is 1. The molecule has 0 aromatic heterocycles. The highest BCUT2D eigenvalue weighted by Crippen LogP contribution is 2.33. The van der Waals surface area contributed by atoms with E-state index in [9.17, 15) is 22.4 Å². The van der Waals surface area contributed by atoms with E-state index >= 15 is 0 Å². The van der Waals surface area contributed by atoms with Crippen LogP contribution in [0.3, 0.4) is 0 Å². The van der Waals surface area contributed by atoms with Gasteiger partial charge in [0.05, 0.1) is 5.56 Å². The Balaban J connectivity index is 1.59. The van der Waals surface area contributed by atoms with Crippen LogP contribution < -0.4 is 5.32 Å². The van der Waals surface area contributed by atoms with Gasteiger partial charge in [-0.3, -0.25) is 4.90 Å². The van der Waals surface area contributed by atoms with Crippen molar-refractivity contribution in [1.29, 1.82) is 0 Å². The number of carbonyl (C=O) groups excluding carboxylic acids is 1. The van der Waals surface area contributed by atoms with Gasteiger partial charge in [-0.1, -0.05) is 30.3 Å². The molecule has 1 N–H and O–H groups in total. The number of carbonyl (C=O) groups is 1. The van der Waals surface area contributed by atoms with Crippen molar-refractivity contribution in [3.8, 4) is 0 Å². The molecule has 0 radical (unpaired) electrons. The lowest BCUT2D eigenvalue weighted by atomic mass is 10.2. The van der Waals surface area contributed by atoms with Gasteiger partial charge in [0.15, 0.2) is 0 Å². The topological polar surface area (TPSA) is 35.6 Å². The Bertz CT molecular complexity index is 826. The largest absolute Gasteiger partial charge is 0.419 e. The van der Waals surface area contributed by atoms with Gasteiger partial charge in [0.1, 0.15) is 5.82 Å². The maximum Gasteiger partial charge on any atom is 0.419 e. The summed E-state index contributed by atoms with van der Waals surface area (Å²) in [4.78, 5) is 16.1. The zero-order valence-corrected chi connectivity index (χ0v) is 15.3. The first-order valence-corrected chi connectivity index (χ1v) is 8.91. The fourth-order valence-electron chi connectivity index (χ4n) is 3.31. The second-order valence-electron chi connectivity index (χ2n) is 6.90. The van der Waals surface area contributed by atoms with Gasteiger partial charge in [-0.25, -0.2) is 9.18 Å². The van der Waals surface area contributed by atoms with Gasteiger partial charge >= 0.3 is 12.2 Å². The molecule has 8 heteroatoms. The number of nitrogens with one attached hydrogen (secondary N) is 1. The number of likely N-dealkylation sites (N-methyl/N-ethyl adjacent to an activating group) is 1. The molecule has 1 aliphatic heterocycles. The molecule has 1 saturated heterocycles. The van der Waals surface area contributed by atoms with E-state index in [1.807, 2.05) is 30.3 Å². The first-order chi connectivity index (χ1) is 13.2. The molecule has 150 valence electrons. The summed E-state index contributed by atoms with van der Waals surface area (Å²) in [6.45, 7) is 2.28. The van der Waals surface area contributed by atoms with Gasteiger partial charge in [0.2, 0.25) is 0 Å². The SMILES string of the molecule is CN(C(=O)Nc1ccc(F)c(C(F)(F)F)c1)[C@@H]1CCN(Cc2ccccc2)C1. The number of hydrogen-bond acceptors (Lipinski definition) is 2. The summed E-state index contributed by atoms with van der Waals surface area (Å²) in [7, 11) is 1.61. The van der Waals surface area contributed by atoms with Crippen LogP contribution in [0.2, 0.25) is 0 Å². The van der Waals surface area contributed by atoms with E-state index in [-0.39, 0.29) is 11.7 Å². The Labute approximate surface area is 160 Å². The van der Waals surface area contributed by atoms with Gasteiger partial charge in [0.25, 0.3) is 0 Å². The van der Waals surface area contributed by atoms with Crippen molar-refractivity contribution in [3.63, 3.8) is 0 Å². The molecule has 2 aromatic rings. The molecule has 0 aliphatic carbocycles. The van der Waals surface area contributed by atoms with Crippen LogP contribution in [0.25, 0.3) is 0 Å². The molecule has 3 rings (SSSR count). The standard InChI is InChI=1S/C20H21F4N3O/c1-26(16-9-10-27(13-16)12-14-5-3-2-4-6-14)19(28)25-15-7-8-18(21)17(11-15)20(22,23)24/h2-8,11,16H,9-10,12-13H2,1H3,(H,25,28)/t16-/m1/s1. The summed E-state index contributed by atoms with van der Waals surface area (Å²) in [5, 5.41) is 2.42. The minimum Gasteiger partial charge on any atom is -0.323 e. The predicted octanol–water partition coefficient (Wildman–Crippen LogP) is 4.58. The summed E-state index contributed by atoms with van der Waals surface area (Å²) >= 11 is 0. The number of likely N-dealkylation sites (tertiary alicyclic amines) is 1. The monoisotopic (exact) mass is 395 g/mol. The van der Waals surface area contributed by atoms with Crippen LogP contribution in [0.15, 0.2) is 48.5 Å². The fourth-order valence-corrected chi connectivity index (χ4v) is 3.31. The maximum absolute atomic E-state index is 13.4. The summed E-state index contributed by atoms with van der Waals surface area (Å²) in [5.74, 6) is -1.37. The second kappa shape index (κ2) is 8.18. The molecule has 0 saturated carbocycles. The molecule has 0 bridgehead atoms. The zero-order chi connectivity index (χ0) is 20.3. The first-order valence-electron chi connectivity index (χ1n) is 8.91. The molecule has 2 amide bonds. The van der Waals surface area contributed by atoms with E-state index in [0.29, 0.717) is 18.7 Å². The van der Waals surface area contributed by atoms with E-state index in [2.05, 4.69) is 10.2 Å². The van der Waals surface area contributed by atoms with Crippen LogP contribution in [-0.4, -0.2) is 42.0 Å². The summed E-state index contributed by atoms with van der Waals surface area (Å²) in [5.41, 5.74) is -0.311. The van der Waals surface area contributed by atoms with E-state index in [0.717, 1.165) is 25.6 Å². The molecule has 1 heterocycles. The minimum absolute atomic E-state index is 0.0498. The van der Waals surface area contributed by atoms with Gasteiger partial charge in [0, 0.05) is 38.4 Å². The fraction of sp³-hybridized carbons (Fsp3) is 0.350. The average molecular weight is 395 g/mol. The lowest BCUT2D eigenvalue weighted by Crippen LogP contribution is -2.41. The van der Waals surface area contributed by atoms with Crippen molar-refractivity contribution in [3.05, 3.63) is 65.5 Å². The van der Waals surface area contributed by atoms with E-state index in [1.165, 1.54) is 10.5 Å². The van der Waals surface area contributed by atoms with Crippen LogP contribution in [0, 0.1) is 5.82 Å². The molecule has 2 aromatic carbocycles. The molecule has 4 nitrogen and oxygen atoms in total. The lowest BCUT2D eigenvalue weighted by molar-refractivity contribution is -0.139. The van der Waals surface area contributed by atoms with Crippen molar-refractivity contribution < 1.29 is 22.4 Å². The van der Waals surface area contributed by atoms with Crippen LogP contribution in [0.4, 0.5) is 28.0 Å². The third kappa shape index (κ3) is 4.81. The smallest absolute Gasteiger partial charge is 0.323 e. The number of amides is 2. The van der Waals surface area contributed by atoms with Crippen molar-refractivity contribution in [2.75, 3.05) is 25.5 Å². The summed E-state index contributed by atoms with van der Waals surface area (Å²) < 4.78 is 51.9. The number of alkyl halides is 3. The molecule has 0 unspecified atom stereocenters. The zero-order valence-electron chi connectivity index (χ0n) is 15.3. The molecular formula is C20H21F4N3O. The van der Waals surface area contributed by atoms with E-state index in [1.54, 1.807) is 7.05 Å². The number of halogens is 4. The summed E-state index contributed by atoms with van der Waals surface area (Å²) in [6, 6.07) is 11.8. The maximum atomic E-state index is 13.4. The van der Waals surface area contributed by atoms with Crippen molar-refractivity contribution in [2.45, 2.75) is 25.2 Å². The third-order valence-corrected chi connectivity index (χ3v) is 4.89. The van der Waals surface area contributed by atoms with E-state index < -0.39 is 23.6 Å². The number of rotatable bonds is 4. The molecule has 1 fully saturated rings. The molecule has 28 heavy (non-hydrogen) atoms. The summed E-state index contributed by atoms with van der Waals surface area (Å²) in [6.07, 6.45) is -4.05. The number of nitrogens with zero attached hydrogens (tertiary/aromatic N) is 2. The van der Waals surface area contributed by atoms with Crippen molar-refractivity contribution in [2.24, 2.45) is 0 Å². The Morgan fingerprint density at radius 2 is 1.93 bits per heavy atom. The van der Waals surface area contributed by atoms with E-state index in [4.69, 9.17) is 0 Å². The molecular weight excluding hydrogens is 374 g/mol. The van der Waals surface area contributed by atoms with Gasteiger partial charge in [-0.15, -0.1) is 0 Å². The Kier molecular flexibility index (Phi) is 5.88. The second-order valence-corrected chi connectivity index (χ2v) is 6.90. The quantitative estimate of drug-likeness (QED) is 0.769. The average Bonchev–Trinajstić information content (AvgIpc) is 3.11. The number of benzene rings is 2. The first kappa shape index (κ1) is 20.1. The molecule has 1 atom stereocenters. The number of urea groups is 1. The normalized spacial score (nSPS) is 17.5. The third-order valence-electron chi connectivity index (χ3n) is 4.89. The highest BCUT2D eigenvalue weighted by atomic mass is 19.4. The highest BCUT2D eigenvalue weighted by molar-refractivity contribution is 5.89. The number of hydrogen-bond donors (Lipinski definition) is 1. The van der Waals surface area contributed by atoms with Crippen LogP contribution in [0.5, 0.6) is 0 Å². The van der Waals surface area contributed by atoms with Gasteiger partial charge < -0.3 is 10.2 Å². The van der Waals surface area contributed by atoms with Crippen LogP contribution in [-0.2, 0) is 12.7 Å². The Hall–Kier alpha value is -2.61. The van der Waals surface area contributed by atoms with Gasteiger partial charge in [-0.05, 0) is 30.2 Å². The van der Waals surface area contributed by atoms with Crippen molar-refractivity contribution >= 4 is 11.7 Å². The predicted molar refractivity (Wildman–Crippen MR) is 98.3 cm³/mol. The Morgan fingerprint density at radius 3 is 2.61 bits per heavy atom. The Morgan fingerprint density at radius 1 is 1.21 bits per heavy atom. The van der Waals surface area contributed by atoms with Gasteiger partial charge in [-0.2, -0.15) is 13.2 Å². The van der Waals surface area contributed by atoms with Crippen molar-refractivity contribution in [1.82, 2.24) is 9.80 Å². The minimum atomic E-state index is -4.82. The lowest BCUT2D eigenvalue weighted by Gasteiger charge is -2.25.